The third-order valence-corrected chi connectivity index (χ3v) is 4.88. The predicted octanol–water partition coefficient (Wildman–Crippen LogP) is 4.64. The number of rotatable bonds is 7. The number of hydrogen-bond acceptors (Lipinski definition) is 6. The minimum atomic E-state index is -0.146. The lowest BCUT2D eigenvalue weighted by molar-refractivity contribution is 0.234. The van der Waals surface area contributed by atoms with E-state index in [0.29, 0.717) is 18.3 Å². The van der Waals surface area contributed by atoms with E-state index in [1.165, 1.54) is 4.88 Å². The van der Waals surface area contributed by atoms with E-state index in [9.17, 15) is 0 Å². The highest BCUT2D eigenvalue weighted by atomic mass is 32.1. The van der Waals surface area contributed by atoms with E-state index in [0.717, 1.165) is 24.4 Å². The first kappa shape index (κ1) is 18.6. The molecule has 0 saturated heterocycles. The van der Waals surface area contributed by atoms with Gasteiger partial charge in [-0.3, -0.25) is 4.90 Å². The molecule has 0 bridgehead atoms. The predicted molar refractivity (Wildman–Crippen MR) is 103 cm³/mol. The van der Waals surface area contributed by atoms with E-state index < -0.39 is 0 Å². The molecule has 0 aliphatic carbocycles. The molecule has 0 aliphatic rings. The van der Waals surface area contributed by atoms with Crippen molar-refractivity contribution in [3.8, 4) is 5.75 Å². The number of hydrogen-bond donors (Lipinski definition) is 0. The normalized spacial score (nSPS) is 11.9. The summed E-state index contributed by atoms with van der Waals surface area (Å²) in [6.07, 6.45) is 0. The van der Waals surface area contributed by atoms with Crippen molar-refractivity contribution in [2.75, 3.05) is 7.11 Å². The summed E-state index contributed by atoms with van der Waals surface area (Å²) in [6, 6.07) is 12.3. The average molecular weight is 372 g/mol. The smallest absolute Gasteiger partial charge is 0.232 e. The van der Waals surface area contributed by atoms with Crippen molar-refractivity contribution < 1.29 is 9.26 Å². The first-order valence-corrected chi connectivity index (χ1v) is 9.53. The fraction of sp³-hybridized carbons (Fsp3) is 0.400. The van der Waals surface area contributed by atoms with Gasteiger partial charge in [-0.15, -0.1) is 11.3 Å². The number of para-hydroxylation sites is 1. The Hall–Kier alpha value is -2.18. The highest BCUT2D eigenvalue weighted by Crippen LogP contribution is 2.24. The third-order valence-electron chi connectivity index (χ3n) is 4.02. The maximum atomic E-state index is 5.51. The molecule has 3 rings (SSSR count). The molecule has 0 N–H and O–H groups in total. The molecule has 0 amide bonds. The highest BCUT2D eigenvalue weighted by molar-refractivity contribution is 7.09. The van der Waals surface area contributed by atoms with Crippen LogP contribution in [0.4, 0.5) is 0 Å². The molecule has 0 aliphatic heterocycles. The topological polar surface area (TPSA) is 51.4 Å². The molecule has 138 valence electrons. The standard InChI is InChI=1S/C20H25N3O2S/c1-20(2,3)19-21-18(22-25-19)14-23(13-16-9-7-11-26-16)12-15-8-5-6-10-17(15)24-4/h5-11H,12-14H2,1-4H3. The molecule has 1 aromatic carbocycles. The van der Waals surface area contributed by atoms with Gasteiger partial charge in [0.25, 0.3) is 0 Å². The second-order valence-electron chi connectivity index (χ2n) is 7.30. The van der Waals surface area contributed by atoms with Crippen LogP contribution in [-0.2, 0) is 25.0 Å². The summed E-state index contributed by atoms with van der Waals surface area (Å²) in [5, 5.41) is 6.28. The Balaban J connectivity index is 1.80. The van der Waals surface area contributed by atoms with Crippen LogP contribution in [0, 0.1) is 0 Å². The summed E-state index contributed by atoms with van der Waals surface area (Å²) in [7, 11) is 1.71. The van der Waals surface area contributed by atoms with Crippen LogP contribution >= 0.6 is 11.3 Å². The SMILES string of the molecule is COc1ccccc1CN(Cc1noc(C(C)(C)C)n1)Cc1cccs1. The third kappa shape index (κ3) is 4.71. The molecule has 0 spiro atoms. The molecule has 3 aromatic rings. The van der Waals surface area contributed by atoms with E-state index >= 15 is 0 Å². The summed E-state index contributed by atoms with van der Waals surface area (Å²) in [4.78, 5) is 8.20. The summed E-state index contributed by atoms with van der Waals surface area (Å²) < 4.78 is 11.0. The van der Waals surface area contributed by atoms with Crippen LogP contribution in [0.1, 0.15) is 42.9 Å². The van der Waals surface area contributed by atoms with Crippen molar-refractivity contribution in [1.29, 1.82) is 0 Å². The van der Waals surface area contributed by atoms with Crippen molar-refractivity contribution >= 4 is 11.3 Å². The molecule has 0 saturated carbocycles. The van der Waals surface area contributed by atoms with E-state index in [1.54, 1.807) is 18.4 Å². The van der Waals surface area contributed by atoms with E-state index in [4.69, 9.17) is 9.26 Å². The van der Waals surface area contributed by atoms with Gasteiger partial charge in [-0.05, 0) is 17.5 Å². The number of thiophene rings is 1. The second kappa shape index (κ2) is 8.01. The number of benzene rings is 1. The summed E-state index contributed by atoms with van der Waals surface area (Å²) in [5.74, 6) is 2.27. The molecule has 26 heavy (non-hydrogen) atoms. The van der Waals surface area contributed by atoms with Crippen LogP contribution < -0.4 is 4.74 Å². The molecule has 0 radical (unpaired) electrons. The summed E-state index contributed by atoms with van der Waals surface area (Å²) >= 11 is 1.75. The Morgan fingerprint density at radius 2 is 1.88 bits per heavy atom. The van der Waals surface area contributed by atoms with Gasteiger partial charge in [0.05, 0.1) is 13.7 Å². The Morgan fingerprint density at radius 3 is 2.54 bits per heavy atom. The van der Waals surface area contributed by atoms with Gasteiger partial charge in [0.2, 0.25) is 5.89 Å². The van der Waals surface area contributed by atoms with Gasteiger partial charge in [-0.25, -0.2) is 0 Å². The molecule has 0 atom stereocenters. The molecule has 0 fully saturated rings. The van der Waals surface area contributed by atoms with Gasteiger partial charge in [-0.1, -0.05) is 50.2 Å². The fourth-order valence-corrected chi connectivity index (χ4v) is 3.43. The van der Waals surface area contributed by atoms with Gasteiger partial charge in [0.15, 0.2) is 5.82 Å². The number of ether oxygens (including phenoxy) is 1. The second-order valence-corrected chi connectivity index (χ2v) is 8.33. The van der Waals surface area contributed by atoms with Gasteiger partial charge in [0, 0.05) is 28.9 Å². The molecular formula is C20H25N3O2S. The zero-order valence-electron chi connectivity index (χ0n) is 15.7. The maximum Gasteiger partial charge on any atom is 0.232 e. The van der Waals surface area contributed by atoms with E-state index in [1.807, 2.05) is 18.2 Å². The van der Waals surface area contributed by atoms with E-state index in [2.05, 4.69) is 59.4 Å². The van der Waals surface area contributed by atoms with Crippen LogP contribution in [0.5, 0.6) is 5.75 Å². The first-order valence-electron chi connectivity index (χ1n) is 8.65. The van der Waals surface area contributed by atoms with Gasteiger partial charge < -0.3 is 9.26 Å². The number of nitrogens with zero attached hydrogens (tertiary/aromatic N) is 3. The largest absolute Gasteiger partial charge is 0.496 e. The van der Waals surface area contributed by atoms with E-state index in [-0.39, 0.29) is 5.41 Å². The molecule has 2 aromatic heterocycles. The Labute approximate surface area is 158 Å². The van der Waals surface area contributed by atoms with Crippen molar-refractivity contribution in [2.24, 2.45) is 0 Å². The molecule has 0 unspecified atom stereocenters. The van der Waals surface area contributed by atoms with Crippen LogP contribution in [0.2, 0.25) is 0 Å². The maximum absolute atomic E-state index is 5.51. The number of methoxy groups -OCH3 is 1. The average Bonchev–Trinajstić information content (AvgIpc) is 3.27. The van der Waals surface area contributed by atoms with Crippen molar-refractivity contribution in [3.05, 3.63) is 63.9 Å². The minimum Gasteiger partial charge on any atom is -0.496 e. The van der Waals surface area contributed by atoms with Gasteiger partial charge in [0.1, 0.15) is 5.75 Å². The van der Waals surface area contributed by atoms with Crippen molar-refractivity contribution in [2.45, 2.75) is 45.8 Å². The quantitative estimate of drug-likeness (QED) is 0.605. The molecule has 5 nitrogen and oxygen atoms in total. The highest BCUT2D eigenvalue weighted by Gasteiger charge is 2.23. The first-order chi connectivity index (χ1) is 12.5. The summed E-state index contributed by atoms with van der Waals surface area (Å²) in [5.41, 5.74) is 0.998. The van der Waals surface area contributed by atoms with Crippen LogP contribution in [0.15, 0.2) is 46.3 Å². The van der Waals surface area contributed by atoms with Crippen LogP contribution in [0.3, 0.4) is 0 Å². The molecule has 6 heteroatoms. The molecular weight excluding hydrogens is 346 g/mol. The van der Waals surface area contributed by atoms with Crippen LogP contribution in [-0.4, -0.2) is 22.2 Å². The van der Waals surface area contributed by atoms with Gasteiger partial charge >= 0.3 is 0 Å². The van der Waals surface area contributed by atoms with Gasteiger partial charge in [-0.2, -0.15) is 4.98 Å². The fourth-order valence-electron chi connectivity index (χ4n) is 2.69. The zero-order valence-corrected chi connectivity index (χ0v) is 16.5. The van der Waals surface area contributed by atoms with Crippen molar-refractivity contribution in [3.63, 3.8) is 0 Å². The Morgan fingerprint density at radius 1 is 1.08 bits per heavy atom. The lowest BCUT2D eigenvalue weighted by Gasteiger charge is -2.21. The molecule has 2 heterocycles. The van der Waals surface area contributed by atoms with Crippen LogP contribution in [0.25, 0.3) is 0 Å². The Kier molecular flexibility index (Phi) is 5.74. The zero-order chi connectivity index (χ0) is 18.6. The van der Waals surface area contributed by atoms with Crippen molar-refractivity contribution in [1.82, 2.24) is 15.0 Å². The summed E-state index contributed by atoms with van der Waals surface area (Å²) in [6.45, 7) is 8.42. The minimum absolute atomic E-state index is 0.146. The monoisotopic (exact) mass is 371 g/mol. The lowest BCUT2D eigenvalue weighted by atomic mass is 9.97. The lowest BCUT2D eigenvalue weighted by Crippen LogP contribution is -2.23. The Bertz CT molecular complexity index is 822. The number of aromatic nitrogens is 2.